The van der Waals surface area contributed by atoms with E-state index < -0.39 is 12.8 Å². The minimum Gasteiger partial charge on any atom is -0.372 e. The normalized spacial score (nSPS) is 14.0. The number of thiophene rings is 1. The van der Waals surface area contributed by atoms with Crippen molar-refractivity contribution in [1.29, 1.82) is 0 Å². The first-order chi connectivity index (χ1) is 7.79. The van der Waals surface area contributed by atoms with Crippen LogP contribution in [0.3, 0.4) is 0 Å². The van der Waals surface area contributed by atoms with Crippen LogP contribution in [0.5, 0.6) is 0 Å². The molecule has 17 heavy (non-hydrogen) atoms. The highest BCUT2D eigenvalue weighted by atomic mass is 79.9. The highest BCUT2D eigenvalue weighted by Crippen LogP contribution is 2.40. The molecule has 98 valence electrons. The number of halogens is 6. The van der Waals surface area contributed by atoms with Crippen molar-refractivity contribution in [2.45, 2.75) is 17.4 Å². The molecule has 1 heterocycles. The Kier molecular flexibility index (Phi) is 6.46. The minimum atomic E-state index is -4.26. The third-order valence-electron chi connectivity index (χ3n) is 1.80. The fraction of sp³-hybridized carbons (Fsp3) is 0.556. The Morgan fingerprint density at radius 3 is 2.47 bits per heavy atom. The molecule has 0 radical (unpaired) electrons. The van der Waals surface area contributed by atoms with Gasteiger partial charge in [0, 0.05) is 11.4 Å². The summed E-state index contributed by atoms with van der Waals surface area (Å²) in [7, 11) is 0. The van der Waals surface area contributed by atoms with Crippen LogP contribution in [0.25, 0.3) is 0 Å². The number of hydrogen-bond acceptors (Lipinski definition) is 2. The van der Waals surface area contributed by atoms with Gasteiger partial charge in [-0.15, -0.1) is 11.3 Å². The first-order valence-corrected chi connectivity index (χ1v) is 7.84. The quantitative estimate of drug-likeness (QED) is 0.406. The van der Waals surface area contributed by atoms with E-state index in [2.05, 4.69) is 52.5 Å². The molecule has 1 unspecified atom stereocenters. The zero-order valence-electron chi connectivity index (χ0n) is 8.36. The molecular formula is C9H8Br3F3OS. The zero-order valence-corrected chi connectivity index (χ0v) is 13.9. The molecule has 0 amide bonds. The minimum absolute atomic E-state index is 0.0207. The highest BCUT2D eigenvalue weighted by molar-refractivity contribution is 9.12. The zero-order chi connectivity index (χ0) is 13.1. The van der Waals surface area contributed by atoms with Crippen molar-refractivity contribution >= 4 is 59.1 Å². The van der Waals surface area contributed by atoms with Gasteiger partial charge in [-0.1, -0.05) is 15.9 Å². The van der Waals surface area contributed by atoms with Gasteiger partial charge < -0.3 is 4.74 Å². The van der Waals surface area contributed by atoms with E-state index in [0.29, 0.717) is 6.42 Å². The first kappa shape index (κ1) is 15.9. The molecule has 0 bridgehead atoms. The molecule has 0 N–H and O–H groups in total. The van der Waals surface area contributed by atoms with Crippen molar-refractivity contribution in [2.75, 3.05) is 13.2 Å². The first-order valence-electron chi connectivity index (χ1n) is 4.53. The topological polar surface area (TPSA) is 9.23 Å². The summed E-state index contributed by atoms with van der Waals surface area (Å²) in [6, 6.07) is 1.93. The second-order valence-corrected chi connectivity index (χ2v) is 8.06. The lowest BCUT2D eigenvalue weighted by molar-refractivity contribution is -0.174. The summed E-state index contributed by atoms with van der Waals surface area (Å²) in [6.45, 7) is -1.13. The standard InChI is InChI=1S/C9H8Br3F3OS/c10-6(1-2-16-4-9(13,14)15)5-3-7(11)17-8(5)12/h3,6H,1-2,4H2. The van der Waals surface area contributed by atoms with E-state index in [1.54, 1.807) is 0 Å². The lowest BCUT2D eigenvalue weighted by Gasteiger charge is -2.11. The fourth-order valence-corrected chi connectivity index (χ4v) is 5.08. The van der Waals surface area contributed by atoms with Crippen molar-refractivity contribution in [3.63, 3.8) is 0 Å². The van der Waals surface area contributed by atoms with Gasteiger partial charge in [0.25, 0.3) is 0 Å². The van der Waals surface area contributed by atoms with E-state index in [0.717, 1.165) is 13.1 Å². The van der Waals surface area contributed by atoms with Gasteiger partial charge in [-0.25, -0.2) is 0 Å². The van der Waals surface area contributed by atoms with Crippen LogP contribution in [0.2, 0.25) is 0 Å². The van der Waals surface area contributed by atoms with Gasteiger partial charge in [0.2, 0.25) is 0 Å². The maximum atomic E-state index is 11.8. The number of rotatable bonds is 5. The van der Waals surface area contributed by atoms with Gasteiger partial charge in [-0.2, -0.15) is 13.2 Å². The van der Waals surface area contributed by atoms with Gasteiger partial charge >= 0.3 is 6.18 Å². The molecule has 0 aromatic carbocycles. The Bertz CT molecular complexity index is 367. The van der Waals surface area contributed by atoms with Crippen LogP contribution in [0.1, 0.15) is 16.8 Å². The van der Waals surface area contributed by atoms with Crippen molar-refractivity contribution in [2.24, 2.45) is 0 Å². The van der Waals surface area contributed by atoms with Gasteiger partial charge in [0.1, 0.15) is 6.61 Å². The molecule has 0 saturated carbocycles. The Balaban J connectivity index is 2.35. The number of alkyl halides is 4. The predicted molar refractivity (Wildman–Crippen MR) is 72.9 cm³/mol. The molecule has 0 fully saturated rings. The summed E-state index contributed by atoms with van der Waals surface area (Å²) in [5.41, 5.74) is 1.01. The monoisotopic (exact) mass is 458 g/mol. The van der Waals surface area contributed by atoms with Crippen molar-refractivity contribution in [3.8, 4) is 0 Å². The Morgan fingerprint density at radius 1 is 1.35 bits per heavy atom. The highest BCUT2D eigenvalue weighted by Gasteiger charge is 2.27. The average molecular weight is 461 g/mol. The SMILES string of the molecule is FC(F)(F)COCCC(Br)c1cc(Br)sc1Br. The second kappa shape index (κ2) is 6.88. The van der Waals surface area contributed by atoms with E-state index in [4.69, 9.17) is 0 Å². The van der Waals surface area contributed by atoms with Crippen molar-refractivity contribution in [1.82, 2.24) is 0 Å². The van der Waals surface area contributed by atoms with Gasteiger partial charge in [0.15, 0.2) is 0 Å². The molecular weight excluding hydrogens is 453 g/mol. The molecule has 0 aliphatic carbocycles. The van der Waals surface area contributed by atoms with Gasteiger partial charge in [-0.05, 0) is 49.9 Å². The Hall–Kier alpha value is 0.890. The summed E-state index contributed by atoms with van der Waals surface area (Å²) in [5, 5.41) is 0. The fourth-order valence-electron chi connectivity index (χ4n) is 1.10. The van der Waals surface area contributed by atoms with Crippen LogP contribution in [0.4, 0.5) is 13.2 Å². The average Bonchev–Trinajstić information content (AvgIpc) is 2.51. The third kappa shape index (κ3) is 6.04. The summed E-state index contributed by atoms with van der Waals surface area (Å²) < 4.78 is 42.0. The summed E-state index contributed by atoms with van der Waals surface area (Å²) in [5.74, 6) is 0. The van der Waals surface area contributed by atoms with Crippen molar-refractivity contribution < 1.29 is 17.9 Å². The molecule has 1 nitrogen and oxygen atoms in total. The summed E-state index contributed by atoms with van der Waals surface area (Å²) >= 11 is 11.7. The van der Waals surface area contributed by atoms with Gasteiger partial charge in [-0.3, -0.25) is 0 Å². The van der Waals surface area contributed by atoms with E-state index in [1.807, 2.05) is 6.07 Å². The van der Waals surface area contributed by atoms with Crippen LogP contribution in [0.15, 0.2) is 13.6 Å². The van der Waals surface area contributed by atoms with Crippen LogP contribution in [-0.2, 0) is 4.74 Å². The molecule has 1 atom stereocenters. The number of hydrogen-bond donors (Lipinski definition) is 0. The lowest BCUT2D eigenvalue weighted by atomic mass is 10.2. The Morgan fingerprint density at radius 2 is 2.00 bits per heavy atom. The molecule has 0 aliphatic rings. The van der Waals surface area contributed by atoms with Crippen LogP contribution in [-0.4, -0.2) is 19.4 Å². The van der Waals surface area contributed by atoms with E-state index >= 15 is 0 Å². The Labute approximate surface area is 126 Å². The van der Waals surface area contributed by atoms with E-state index in [-0.39, 0.29) is 11.4 Å². The molecule has 1 rings (SSSR count). The maximum Gasteiger partial charge on any atom is 0.411 e. The van der Waals surface area contributed by atoms with E-state index in [9.17, 15) is 13.2 Å². The summed E-state index contributed by atoms with van der Waals surface area (Å²) in [6.07, 6.45) is -3.77. The molecule has 0 aliphatic heterocycles. The van der Waals surface area contributed by atoms with Crippen LogP contribution >= 0.6 is 59.1 Å². The van der Waals surface area contributed by atoms with E-state index in [1.165, 1.54) is 11.3 Å². The second-order valence-electron chi connectivity index (χ2n) is 3.20. The van der Waals surface area contributed by atoms with Gasteiger partial charge in [0.05, 0.1) is 7.57 Å². The summed E-state index contributed by atoms with van der Waals surface area (Å²) in [4.78, 5) is -0.0207. The molecule has 0 saturated heterocycles. The lowest BCUT2D eigenvalue weighted by Crippen LogP contribution is -2.17. The van der Waals surface area contributed by atoms with Crippen LogP contribution < -0.4 is 0 Å². The van der Waals surface area contributed by atoms with Crippen LogP contribution in [0, 0.1) is 0 Å². The number of ether oxygens (including phenoxy) is 1. The smallest absolute Gasteiger partial charge is 0.372 e. The molecule has 8 heteroatoms. The maximum absolute atomic E-state index is 11.8. The largest absolute Gasteiger partial charge is 0.411 e. The van der Waals surface area contributed by atoms with Crippen molar-refractivity contribution in [3.05, 3.63) is 19.2 Å². The third-order valence-corrected chi connectivity index (χ3v) is 5.14. The molecule has 1 aromatic heterocycles. The molecule has 1 aromatic rings. The molecule has 0 spiro atoms. The predicted octanol–water partition coefficient (Wildman–Crippen LogP) is 5.68.